The third kappa shape index (κ3) is 3.20. The summed E-state index contributed by atoms with van der Waals surface area (Å²) in [6.45, 7) is 5.50. The molecule has 0 aliphatic heterocycles. The number of rotatable bonds is 3. The number of halogens is 2. The van der Waals surface area contributed by atoms with Crippen LogP contribution in [0.25, 0.3) is 0 Å². The van der Waals surface area contributed by atoms with Gasteiger partial charge < -0.3 is 5.32 Å². The van der Waals surface area contributed by atoms with Crippen LogP contribution in [0, 0.1) is 5.41 Å². The molecule has 3 heteroatoms. The number of hydrogen-bond acceptors (Lipinski definition) is 1. The molecule has 18 heavy (non-hydrogen) atoms. The Balaban J connectivity index is 2.00. The topological polar surface area (TPSA) is 12.0 Å². The van der Waals surface area contributed by atoms with E-state index >= 15 is 0 Å². The molecule has 0 spiro atoms. The van der Waals surface area contributed by atoms with E-state index in [1.807, 2.05) is 18.2 Å². The van der Waals surface area contributed by atoms with E-state index in [4.69, 9.17) is 23.2 Å². The highest BCUT2D eigenvalue weighted by atomic mass is 35.5. The number of nitrogens with one attached hydrogen (secondary N) is 1. The molecule has 1 aromatic carbocycles. The first-order valence-corrected chi connectivity index (χ1v) is 7.42. The fourth-order valence-electron chi connectivity index (χ4n) is 2.79. The molecule has 1 fully saturated rings. The van der Waals surface area contributed by atoms with Crippen LogP contribution in [0.3, 0.4) is 0 Å². The second kappa shape index (κ2) is 5.81. The minimum Gasteiger partial charge on any atom is -0.309 e. The second-order valence-corrected chi connectivity index (χ2v) is 6.67. The molecule has 2 rings (SSSR count). The van der Waals surface area contributed by atoms with Crippen molar-refractivity contribution in [3.63, 3.8) is 0 Å². The Hall–Kier alpha value is -0.240. The van der Waals surface area contributed by atoms with E-state index in [0.717, 1.165) is 12.1 Å². The Morgan fingerprint density at radius 3 is 2.78 bits per heavy atom. The fraction of sp³-hybridized carbons (Fsp3) is 0.600. The molecule has 1 saturated carbocycles. The van der Waals surface area contributed by atoms with Gasteiger partial charge in [-0.1, -0.05) is 62.0 Å². The van der Waals surface area contributed by atoms with E-state index in [9.17, 15) is 0 Å². The molecule has 100 valence electrons. The maximum atomic E-state index is 6.21. The van der Waals surface area contributed by atoms with Gasteiger partial charge in [0.15, 0.2) is 0 Å². The van der Waals surface area contributed by atoms with E-state index in [-0.39, 0.29) is 0 Å². The largest absolute Gasteiger partial charge is 0.309 e. The lowest BCUT2D eigenvalue weighted by Gasteiger charge is -2.39. The monoisotopic (exact) mass is 285 g/mol. The second-order valence-electron chi connectivity index (χ2n) is 5.88. The molecule has 1 aliphatic rings. The standard InChI is InChI=1S/C15H21Cl2N/c1-15(2)9-4-3-8-13(15)18-10-11-6-5-7-12(16)14(11)17/h5-7,13,18H,3-4,8-10H2,1-2H3. The van der Waals surface area contributed by atoms with Gasteiger partial charge in [-0.25, -0.2) is 0 Å². The summed E-state index contributed by atoms with van der Waals surface area (Å²) >= 11 is 12.2. The smallest absolute Gasteiger partial charge is 0.0637 e. The molecule has 1 nitrogen and oxygen atoms in total. The first-order chi connectivity index (χ1) is 8.50. The van der Waals surface area contributed by atoms with Crippen molar-refractivity contribution in [1.82, 2.24) is 5.32 Å². The maximum absolute atomic E-state index is 6.21. The average molecular weight is 286 g/mol. The molecule has 1 unspecified atom stereocenters. The molecule has 0 amide bonds. The van der Waals surface area contributed by atoms with Gasteiger partial charge in [-0.05, 0) is 29.9 Å². The van der Waals surface area contributed by atoms with Crippen LogP contribution in [0.2, 0.25) is 10.0 Å². The van der Waals surface area contributed by atoms with E-state index < -0.39 is 0 Å². The lowest BCUT2D eigenvalue weighted by Crippen LogP contribution is -2.43. The van der Waals surface area contributed by atoms with Crippen LogP contribution in [0.4, 0.5) is 0 Å². The Bertz CT molecular complexity index is 415. The SMILES string of the molecule is CC1(C)CCCCC1NCc1cccc(Cl)c1Cl. The molecule has 0 bridgehead atoms. The highest BCUT2D eigenvalue weighted by Crippen LogP contribution is 2.36. The van der Waals surface area contributed by atoms with Gasteiger partial charge in [0, 0.05) is 12.6 Å². The van der Waals surface area contributed by atoms with Gasteiger partial charge in [0.05, 0.1) is 10.0 Å². The number of hydrogen-bond donors (Lipinski definition) is 1. The summed E-state index contributed by atoms with van der Waals surface area (Å²) in [5.74, 6) is 0. The summed E-state index contributed by atoms with van der Waals surface area (Å²) in [5.41, 5.74) is 1.47. The van der Waals surface area contributed by atoms with Crippen molar-refractivity contribution in [2.45, 2.75) is 52.1 Å². The summed E-state index contributed by atoms with van der Waals surface area (Å²) in [6, 6.07) is 6.40. The highest BCUT2D eigenvalue weighted by molar-refractivity contribution is 6.42. The van der Waals surface area contributed by atoms with Gasteiger partial charge in [-0.15, -0.1) is 0 Å². The van der Waals surface area contributed by atoms with Crippen molar-refractivity contribution in [1.29, 1.82) is 0 Å². The highest BCUT2D eigenvalue weighted by Gasteiger charge is 2.31. The van der Waals surface area contributed by atoms with Crippen molar-refractivity contribution in [2.75, 3.05) is 0 Å². The fourth-order valence-corrected chi connectivity index (χ4v) is 3.18. The molecule has 0 radical (unpaired) electrons. The van der Waals surface area contributed by atoms with Crippen LogP contribution < -0.4 is 5.32 Å². The zero-order chi connectivity index (χ0) is 13.2. The molecule has 0 aromatic heterocycles. The van der Waals surface area contributed by atoms with E-state index in [1.54, 1.807) is 0 Å². The summed E-state index contributed by atoms with van der Waals surface area (Å²) in [5, 5.41) is 4.97. The quantitative estimate of drug-likeness (QED) is 0.819. The Labute approximate surface area is 120 Å². The third-order valence-corrected chi connectivity index (χ3v) is 4.94. The van der Waals surface area contributed by atoms with Gasteiger partial charge in [0.25, 0.3) is 0 Å². The Morgan fingerprint density at radius 1 is 1.28 bits per heavy atom. The molecule has 0 saturated heterocycles. The van der Waals surface area contributed by atoms with E-state index in [0.29, 0.717) is 21.5 Å². The van der Waals surface area contributed by atoms with Gasteiger partial charge in [-0.2, -0.15) is 0 Å². The average Bonchev–Trinajstić information content (AvgIpc) is 2.32. The van der Waals surface area contributed by atoms with Crippen LogP contribution in [0.1, 0.15) is 45.1 Å². The summed E-state index contributed by atoms with van der Waals surface area (Å²) in [7, 11) is 0. The van der Waals surface area contributed by atoms with E-state index in [2.05, 4.69) is 19.2 Å². The van der Waals surface area contributed by atoms with Crippen LogP contribution in [-0.2, 0) is 6.54 Å². The zero-order valence-corrected chi connectivity index (χ0v) is 12.6. The first-order valence-electron chi connectivity index (χ1n) is 6.67. The summed E-state index contributed by atoms with van der Waals surface area (Å²) < 4.78 is 0. The molecule has 1 aromatic rings. The molecule has 1 atom stereocenters. The first kappa shape index (κ1) is 14.2. The Kier molecular flexibility index (Phi) is 4.58. The predicted molar refractivity (Wildman–Crippen MR) is 79.3 cm³/mol. The predicted octanol–water partition coefficient (Wildman–Crippen LogP) is 5.05. The third-order valence-electron chi connectivity index (χ3n) is 4.08. The van der Waals surface area contributed by atoms with Crippen molar-refractivity contribution in [3.05, 3.63) is 33.8 Å². The number of benzene rings is 1. The molecule has 1 N–H and O–H groups in total. The zero-order valence-electron chi connectivity index (χ0n) is 11.1. The summed E-state index contributed by atoms with van der Waals surface area (Å²) in [4.78, 5) is 0. The van der Waals surface area contributed by atoms with Crippen LogP contribution in [0.5, 0.6) is 0 Å². The normalized spacial score (nSPS) is 23.0. The Morgan fingerprint density at radius 2 is 2.06 bits per heavy atom. The van der Waals surface area contributed by atoms with Crippen LogP contribution >= 0.6 is 23.2 Å². The maximum Gasteiger partial charge on any atom is 0.0637 e. The van der Waals surface area contributed by atoms with Crippen LogP contribution in [0.15, 0.2) is 18.2 Å². The van der Waals surface area contributed by atoms with Crippen molar-refractivity contribution in [3.8, 4) is 0 Å². The molecule has 1 aliphatic carbocycles. The summed E-state index contributed by atoms with van der Waals surface area (Å²) in [6.07, 6.45) is 5.23. The van der Waals surface area contributed by atoms with Gasteiger partial charge in [0.1, 0.15) is 0 Å². The van der Waals surface area contributed by atoms with Crippen molar-refractivity contribution < 1.29 is 0 Å². The van der Waals surface area contributed by atoms with Gasteiger partial charge in [0.2, 0.25) is 0 Å². The molecular formula is C15H21Cl2N. The van der Waals surface area contributed by atoms with Crippen molar-refractivity contribution >= 4 is 23.2 Å². The van der Waals surface area contributed by atoms with Crippen molar-refractivity contribution in [2.24, 2.45) is 5.41 Å². The minimum absolute atomic E-state index is 0.378. The minimum atomic E-state index is 0.378. The van der Waals surface area contributed by atoms with Gasteiger partial charge in [-0.3, -0.25) is 0 Å². The molecular weight excluding hydrogens is 265 g/mol. The van der Waals surface area contributed by atoms with Crippen LogP contribution in [-0.4, -0.2) is 6.04 Å². The van der Waals surface area contributed by atoms with E-state index in [1.165, 1.54) is 25.7 Å². The lowest BCUT2D eigenvalue weighted by atomic mass is 9.73. The lowest BCUT2D eigenvalue weighted by molar-refractivity contribution is 0.167. The molecule has 0 heterocycles. The van der Waals surface area contributed by atoms with Gasteiger partial charge >= 0.3 is 0 Å².